The van der Waals surface area contributed by atoms with Crippen molar-refractivity contribution in [2.24, 2.45) is 0 Å². The molecule has 136 valence electrons. The summed E-state index contributed by atoms with van der Waals surface area (Å²) in [6.45, 7) is 3.42. The normalized spacial score (nSPS) is 10.3. The Balaban J connectivity index is 1.69. The van der Waals surface area contributed by atoms with Gasteiger partial charge >= 0.3 is 5.97 Å². The molecule has 0 aromatic heterocycles. The van der Waals surface area contributed by atoms with E-state index in [1.54, 1.807) is 12.1 Å². The first-order valence-corrected chi connectivity index (χ1v) is 8.73. The van der Waals surface area contributed by atoms with Crippen LogP contribution in [0.25, 0.3) is 11.1 Å². The standard InChI is InChI=1S/C23H21NO3/c1-16-7-6-10-21(22(16)24-17(2)25)23(26)27-15-18-11-13-20(14-12-18)19-8-4-3-5-9-19/h3-14H,15H2,1-2H3,(H,24,25). The van der Waals surface area contributed by atoms with Gasteiger partial charge in [0.05, 0.1) is 11.3 Å². The zero-order valence-electron chi connectivity index (χ0n) is 15.4. The van der Waals surface area contributed by atoms with E-state index in [1.165, 1.54) is 6.92 Å². The van der Waals surface area contributed by atoms with Gasteiger partial charge in [0.25, 0.3) is 0 Å². The predicted octanol–water partition coefficient (Wildman–Crippen LogP) is 4.98. The van der Waals surface area contributed by atoms with E-state index in [0.29, 0.717) is 11.3 Å². The van der Waals surface area contributed by atoms with Crippen LogP contribution in [-0.4, -0.2) is 11.9 Å². The van der Waals surface area contributed by atoms with E-state index in [0.717, 1.165) is 22.3 Å². The van der Waals surface area contributed by atoms with Crippen LogP contribution in [0.1, 0.15) is 28.4 Å². The Kier molecular flexibility index (Phi) is 5.67. The topological polar surface area (TPSA) is 55.4 Å². The molecule has 0 radical (unpaired) electrons. The molecule has 3 aromatic carbocycles. The molecule has 0 aliphatic heterocycles. The molecule has 0 aliphatic rings. The SMILES string of the molecule is CC(=O)Nc1c(C)cccc1C(=O)OCc1ccc(-c2ccccc2)cc1. The lowest BCUT2D eigenvalue weighted by molar-refractivity contribution is -0.114. The summed E-state index contributed by atoms with van der Waals surface area (Å²) in [5.41, 5.74) is 4.81. The van der Waals surface area contributed by atoms with E-state index in [-0.39, 0.29) is 12.5 Å². The van der Waals surface area contributed by atoms with Gasteiger partial charge in [0, 0.05) is 6.92 Å². The molecule has 0 heterocycles. The molecule has 4 heteroatoms. The summed E-state index contributed by atoms with van der Waals surface area (Å²) in [6, 6.07) is 23.3. The van der Waals surface area contributed by atoms with Gasteiger partial charge in [0.2, 0.25) is 5.91 Å². The van der Waals surface area contributed by atoms with Crippen LogP contribution in [0.2, 0.25) is 0 Å². The van der Waals surface area contributed by atoms with Gasteiger partial charge in [-0.05, 0) is 35.2 Å². The average molecular weight is 359 g/mol. The minimum atomic E-state index is -0.463. The molecule has 1 N–H and O–H groups in total. The third-order valence-electron chi connectivity index (χ3n) is 4.22. The van der Waals surface area contributed by atoms with Crippen LogP contribution in [0.5, 0.6) is 0 Å². The summed E-state index contributed by atoms with van der Waals surface area (Å²) < 4.78 is 5.45. The van der Waals surface area contributed by atoms with E-state index in [1.807, 2.05) is 55.5 Å². The van der Waals surface area contributed by atoms with Crippen LogP contribution < -0.4 is 5.32 Å². The quantitative estimate of drug-likeness (QED) is 0.654. The van der Waals surface area contributed by atoms with Gasteiger partial charge in [0.15, 0.2) is 0 Å². The number of amides is 1. The van der Waals surface area contributed by atoms with Crippen molar-refractivity contribution >= 4 is 17.6 Å². The highest BCUT2D eigenvalue weighted by Gasteiger charge is 2.15. The fourth-order valence-electron chi connectivity index (χ4n) is 2.83. The summed E-state index contributed by atoms with van der Waals surface area (Å²) in [5.74, 6) is -0.690. The molecule has 0 atom stereocenters. The molecule has 1 amide bonds. The van der Waals surface area contributed by atoms with Crippen LogP contribution in [0.4, 0.5) is 5.69 Å². The number of hydrogen-bond acceptors (Lipinski definition) is 3. The Morgan fingerprint density at radius 3 is 2.19 bits per heavy atom. The first-order valence-electron chi connectivity index (χ1n) is 8.73. The Morgan fingerprint density at radius 1 is 0.852 bits per heavy atom. The highest BCUT2D eigenvalue weighted by Crippen LogP contribution is 2.23. The summed E-state index contributed by atoms with van der Waals surface area (Å²) >= 11 is 0. The minimum absolute atomic E-state index is 0.168. The number of nitrogens with one attached hydrogen (secondary N) is 1. The van der Waals surface area contributed by atoms with Crippen molar-refractivity contribution in [3.63, 3.8) is 0 Å². The summed E-state index contributed by atoms with van der Waals surface area (Å²) in [6.07, 6.45) is 0. The number of benzene rings is 3. The van der Waals surface area contributed by atoms with E-state index in [9.17, 15) is 9.59 Å². The van der Waals surface area contributed by atoms with Crippen molar-refractivity contribution < 1.29 is 14.3 Å². The van der Waals surface area contributed by atoms with Crippen LogP contribution in [0, 0.1) is 6.92 Å². The Labute approximate surface area is 158 Å². The second kappa shape index (κ2) is 8.32. The average Bonchev–Trinajstić information content (AvgIpc) is 2.68. The van der Waals surface area contributed by atoms with E-state index < -0.39 is 5.97 Å². The third kappa shape index (κ3) is 4.61. The predicted molar refractivity (Wildman–Crippen MR) is 106 cm³/mol. The maximum atomic E-state index is 12.5. The molecule has 0 spiro atoms. The smallest absolute Gasteiger partial charge is 0.340 e. The highest BCUT2D eigenvalue weighted by atomic mass is 16.5. The monoisotopic (exact) mass is 359 g/mol. The van der Waals surface area contributed by atoms with Crippen molar-refractivity contribution in [2.75, 3.05) is 5.32 Å². The number of anilines is 1. The maximum Gasteiger partial charge on any atom is 0.340 e. The lowest BCUT2D eigenvalue weighted by Crippen LogP contribution is -2.14. The molecule has 4 nitrogen and oxygen atoms in total. The summed E-state index contributed by atoms with van der Waals surface area (Å²) in [7, 11) is 0. The molecular weight excluding hydrogens is 338 g/mol. The van der Waals surface area contributed by atoms with Crippen molar-refractivity contribution in [3.05, 3.63) is 89.5 Å². The fraction of sp³-hybridized carbons (Fsp3) is 0.130. The molecular formula is C23H21NO3. The minimum Gasteiger partial charge on any atom is -0.457 e. The van der Waals surface area contributed by atoms with Gasteiger partial charge in [-0.15, -0.1) is 0 Å². The first-order chi connectivity index (χ1) is 13.0. The lowest BCUT2D eigenvalue weighted by Gasteiger charge is -2.12. The van der Waals surface area contributed by atoms with Crippen LogP contribution in [0.3, 0.4) is 0 Å². The molecule has 3 rings (SSSR count). The largest absolute Gasteiger partial charge is 0.457 e. The number of carbonyl (C=O) groups is 2. The number of ether oxygens (including phenoxy) is 1. The first kappa shape index (κ1) is 18.4. The van der Waals surface area contributed by atoms with Crippen molar-refractivity contribution in [3.8, 4) is 11.1 Å². The van der Waals surface area contributed by atoms with Crippen molar-refractivity contribution in [1.29, 1.82) is 0 Å². The van der Waals surface area contributed by atoms with Gasteiger partial charge in [-0.25, -0.2) is 4.79 Å². The molecule has 27 heavy (non-hydrogen) atoms. The van der Waals surface area contributed by atoms with Crippen LogP contribution in [0.15, 0.2) is 72.8 Å². The maximum absolute atomic E-state index is 12.5. The van der Waals surface area contributed by atoms with Crippen LogP contribution >= 0.6 is 0 Å². The summed E-state index contributed by atoms with van der Waals surface area (Å²) in [5, 5.41) is 2.71. The van der Waals surface area contributed by atoms with E-state index in [2.05, 4.69) is 17.4 Å². The Hall–Kier alpha value is -3.40. The number of para-hydroxylation sites is 1. The molecule has 0 saturated carbocycles. The molecule has 0 fully saturated rings. The van der Waals surface area contributed by atoms with Crippen molar-refractivity contribution in [2.45, 2.75) is 20.5 Å². The lowest BCUT2D eigenvalue weighted by atomic mass is 10.0. The van der Waals surface area contributed by atoms with Gasteiger partial charge < -0.3 is 10.1 Å². The van der Waals surface area contributed by atoms with E-state index >= 15 is 0 Å². The van der Waals surface area contributed by atoms with Gasteiger partial charge in [-0.1, -0.05) is 66.7 Å². The molecule has 3 aromatic rings. The summed E-state index contributed by atoms with van der Waals surface area (Å²) in [4.78, 5) is 23.9. The number of aryl methyl sites for hydroxylation is 1. The van der Waals surface area contributed by atoms with Crippen molar-refractivity contribution in [1.82, 2.24) is 0 Å². The Bertz CT molecular complexity index is 947. The molecule has 0 bridgehead atoms. The number of hydrogen-bond donors (Lipinski definition) is 1. The highest BCUT2D eigenvalue weighted by molar-refractivity contribution is 6.01. The van der Waals surface area contributed by atoms with Gasteiger partial charge in [0.1, 0.15) is 6.61 Å². The van der Waals surface area contributed by atoms with Gasteiger partial charge in [-0.3, -0.25) is 4.79 Å². The third-order valence-corrected chi connectivity index (χ3v) is 4.22. The number of esters is 1. The second-order valence-corrected chi connectivity index (χ2v) is 6.32. The number of rotatable bonds is 5. The fourth-order valence-corrected chi connectivity index (χ4v) is 2.83. The molecule has 0 saturated heterocycles. The molecule has 0 aliphatic carbocycles. The van der Waals surface area contributed by atoms with E-state index in [4.69, 9.17) is 4.74 Å². The number of carbonyl (C=O) groups excluding carboxylic acids is 2. The van der Waals surface area contributed by atoms with Gasteiger partial charge in [-0.2, -0.15) is 0 Å². The Morgan fingerprint density at radius 2 is 1.52 bits per heavy atom. The van der Waals surface area contributed by atoms with Crippen LogP contribution in [-0.2, 0) is 16.1 Å². The zero-order chi connectivity index (χ0) is 19.2. The molecule has 0 unspecified atom stereocenters. The second-order valence-electron chi connectivity index (χ2n) is 6.32. The zero-order valence-corrected chi connectivity index (χ0v) is 15.4.